The second kappa shape index (κ2) is 8.33. The topological polar surface area (TPSA) is 80.9 Å². The van der Waals surface area contributed by atoms with Gasteiger partial charge < -0.3 is 9.73 Å². The van der Waals surface area contributed by atoms with Gasteiger partial charge in [0.25, 0.3) is 5.22 Å². The molecule has 0 fully saturated rings. The second-order valence-corrected chi connectivity index (χ2v) is 6.72. The van der Waals surface area contributed by atoms with Crippen molar-refractivity contribution < 1.29 is 9.21 Å². The van der Waals surface area contributed by atoms with Crippen molar-refractivity contribution in [3.63, 3.8) is 0 Å². The summed E-state index contributed by atoms with van der Waals surface area (Å²) in [6.45, 7) is 0. The molecule has 0 saturated heterocycles. The Kier molecular flexibility index (Phi) is 5.91. The van der Waals surface area contributed by atoms with Gasteiger partial charge in [0.05, 0.1) is 22.2 Å². The predicted octanol–water partition coefficient (Wildman–Crippen LogP) is 4.09. The Morgan fingerprint density at radius 2 is 2.00 bits per heavy atom. The molecular weight excluding hydrogens is 383 g/mol. The highest BCUT2D eigenvalue weighted by molar-refractivity contribution is 7.99. The highest BCUT2D eigenvalue weighted by Crippen LogP contribution is 2.23. The fourth-order valence-electron chi connectivity index (χ4n) is 1.94. The van der Waals surface area contributed by atoms with Crippen LogP contribution in [-0.2, 0) is 11.2 Å². The van der Waals surface area contributed by atoms with Gasteiger partial charge in [-0.3, -0.25) is 4.79 Å². The minimum Gasteiger partial charge on any atom is -0.416 e. The molecule has 9 heteroatoms. The van der Waals surface area contributed by atoms with Crippen LogP contribution in [0.2, 0.25) is 10.0 Å². The van der Waals surface area contributed by atoms with Gasteiger partial charge in [0.15, 0.2) is 5.82 Å². The van der Waals surface area contributed by atoms with Gasteiger partial charge in [0.1, 0.15) is 0 Å². The van der Waals surface area contributed by atoms with Gasteiger partial charge >= 0.3 is 0 Å². The zero-order chi connectivity index (χ0) is 17.6. The third-order valence-electron chi connectivity index (χ3n) is 3.04. The highest BCUT2D eigenvalue weighted by atomic mass is 35.5. The lowest BCUT2D eigenvalue weighted by molar-refractivity contribution is -0.113. The quantitative estimate of drug-likeness (QED) is 0.633. The summed E-state index contributed by atoms with van der Waals surface area (Å²) in [5.74, 6) is 0.557. The van der Waals surface area contributed by atoms with Crippen molar-refractivity contribution in [2.75, 3.05) is 11.1 Å². The summed E-state index contributed by atoms with van der Waals surface area (Å²) in [5, 5.41) is 11.5. The number of rotatable bonds is 6. The molecule has 3 aromatic rings. The van der Waals surface area contributed by atoms with Crippen LogP contribution in [0, 0.1) is 0 Å². The molecule has 0 radical (unpaired) electrons. The Hall–Kier alpha value is -2.09. The van der Waals surface area contributed by atoms with E-state index >= 15 is 0 Å². The Labute approximate surface area is 158 Å². The smallest absolute Gasteiger partial charge is 0.277 e. The average molecular weight is 395 g/mol. The van der Waals surface area contributed by atoms with Crippen LogP contribution in [0.3, 0.4) is 0 Å². The molecule has 0 atom stereocenters. The largest absolute Gasteiger partial charge is 0.416 e. The van der Waals surface area contributed by atoms with Gasteiger partial charge in [0.2, 0.25) is 11.8 Å². The van der Waals surface area contributed by atoms with Crippen LogP contribution in [0.1, 0.15) is 11.5 Å². The molecule has 0 aliphatic carbocycles. The lowest BCUT2D eigenvalue weighted by atomic mass is 10.2. The fourth-order valence-corrected chi connectivity index (χ4v) is 2.95. The SMILES string of the molecule is O=C(CSc1nnc(Cc2ccccc2)o1)Nc1ncc(Cl)cc1Cl. The van der Waals surface area contributed by atoms with Crippen LogP contribution < -0.4 is 5.32 Å². The Morgan fingerprint density at radius 3 is 2.76 bits per heavy atom. The lowest BCUT2D eigenvalue weighted by Gasteiger charge is -2.05. The number of nitrogens with zero attached hydrogens (tertiary/aromatic N) is 3. The van der Waals surface area contributed by atoms with E-state index in [1.54, 1.807) is 0 Å². The molecule has 0 bridgehead atoms. The molecule has 128 valence electrons. The third-order valence-corrected chi connectivity index (χ3v) is 4.35. The molecule has 25 heavy (non-hydrogen) atoms. The second-order valence-electron chi connectivity index (χ2n) is 4.94. The third kappa shape index (κ3) is 5.19. The molecule has 0 aliphatic heterocycles. The molecule has 0 spiro atoms. The van der Waals surface area contributed by atoms with Crippen LogP contribution in [0.5, 0.6) is 0 Å². The molecule has 2 aromatic heterocycles. The van der Waals surface area contributed by atoms with E-state index < -0.39 is 0 Å². The van der Waals surface area contributed by atoms with Crippen molar-refractivity contribution in [3.8, 4) is 0 Å². The summed E-state index contributed by atoms with van der Waals surface area (Å²) in [7, 11) is 0. The van der Waals surface area contributed by atoms with Crippen molar-refractivity contribution in [1.29, 1.82) is 0 Å². The molecule has 3 rings (SSSR count). The summed E-state index contributed by atoms with van der Waals surface area (Å²) in [4.78, 5) is 15.9. The van der Waals surface area contributed by atoms with Crippen LogP contribution >= 0.6 is 35.0 Å². The number of benzene rings is 1. The molecule has 0 saturated carbocycles. The van der Waals surface area contributed by atoms with Gasteiger partial charge in [-0.05, 0) is 11.6 Å². The van der Waals surface area contributed by atoms with Gasteiger partial charge in [-0.1, -0.05) is 65.3 Å². The van der Waals surface area contributed by atoms with E-state index in [1.165, 1.54) is 12.3 Å². The molecule has 6 nitrogen and oxygen atoms in total. The maximum absolute atomic E-state index is 12.0. The van der Waals surface area contributed by atoms with Gasteiger partial charge in [-0.15, -0.1) is 10.2 Å². The van der Waals surface area contributed by atoms with E-state index in [0.29, 0.717) is 22.6 Å². The van der Waals surface area contributed by atoms with E-state index in [0.717, 1.165) is 17.3 Å². The zero-order valence-corrected chi connectivity index (χ0v) is 15.1. The van der Waals surface area contributed by atoms with E-state index in [4.69, 9.17) is 27.6 Å². The highest BCUT2D eigenvalue weighted by Gasteiger charge is 2.12. The zero-order valence-electron chi connectivity index (χ0n) is 12.8. The minimum atomic E-state index is -0.287. The first-order valence-electron chi connectivity index (χ1n) is 7.20. The number of thioether (sulfide) groups is 1. The van der Waals surface area contributed by atoms with E-state index in [1.807, 2.05) is 30.3 Å². The van der Waals surface area contributed by atoms with E-state index in [2.05, 4.69) is 20.5 Å². The summed E-state index contributed by atoms with van der Waals surface area (Å²) >= 11 is 12.9. The summed E-state index contributed by atoms with van der Waals surface area (Å²) in [5.41, 5.74) is 1.07. The summed E-state index contributed by atoms with van der Waals surface area (Å²) in [6.07, 6.45) is 1.95. The van der Waals surface area contributed by atoms with Crippen LogP contribution in [0.4, 0.5) is 5.82 Å². The number of hydrogen-bond acceptors (Lipinski definition) is 6. The fraction of sp³-hybridized carbons (Fsp3) is 0.125. The average Bonchev–Trinajstić information content (AvgIpc) is 3.04. The van der Waals surface area contributed by atoms with Gasteiger partial charge in [-0.25, -0.2) is 4.98 Å². The van der Waals surface area contributed by atoms with Crippen molar-refractivity contribution in [1.82, 2.24) is 15.2 Å². The number of amides is 1. The van der Waals surface area contributed by atoms with Crippen LogP contribution in [0.25, 0.3) is 0 Å². The molecular formula is C16H12Cl2N4O2S. The lowest BCUT2D eigenvalue weighted by Crippen LogP contribution is -2.15. The summed E-state index contributed by atoms with van der Waals surface area (Å²) in [6, 6.07) is 11.3. The van der Waals surface area contributed by atoms with Crippen molar-refractivity contribution >= 4 is 46.7 Å². The van der Waals surface area contributed by atoms with Gasteiger partial charge in [0, 0.05) is 6.20 Å². The molecule has 0 unspecified atom stereocenters. The predicted molar refractivity (Wildman–Crippen MR) is 97.2 cm³/mol. The first kappa shape index (κ1) is 17.7. The summed E-state index contributed by atoms with van der Waals surface area (Å²) < 4.78 is 5.53. The Balaban J connectivity index is 1.52. The molecule has 0 aliphatic rings. The number of halogens is 2. The van der Waals surface area contributed by atoms with Crippen LogP contribution in [0.15, 0.2) is 52.2 Å². The first-order chi connectivity index (χ1) is 12.1. The molecule has 1 N–H and O–H groups in total. The monoisotopic (exact) mass is 394 g/mol. The van der Waals surface area contributed by atoms with E-state index in [9.17, 15) is 4.79 Å². The molecule has 1 aromatic carbocycles. The maximum atomic E-state index is 12.0. The number of carbonyl (C=O) groups excluding carboxylic acids is 1. The number of hydrogen-bond donors (Lipinski definition) is 1. The Morgan fingerprint density at radius 1 is 1.20 bits per heavy atom. The number of nitrogens with one attached hydrogen (secondary N) is 1. The number of carbonyl (C=O) groups is 1. The minimum absolute atomic E-state index is 0.0909. The normalized spacial score (nSPS) is 10.6. The number of pyridine rings is 1. The maximum Gasteiger partial charge on any atom is 0.277 e. The van der Waals surface area contributed by atoms with Crippen LogP contribution in [-0.4, -0.2) is 26.8 Å². The Bertz CT molecular complexity index is 874. The standard InChI is InChI=1S/C16H12Cl2N4O2S/c17-11-7-12(18)15(19-8-11)20-13(23)9-25-16-22-21-14(24-16)6-10-4-2-1-3-5-10/h1-5,7-8H,6,9H2,(H,19,20,23). The number of anilines is 1. The van der Waals surface area contributed by atoms with E-state index in [-0.39, 0.29) is 22.5 Å². The van der Waals surface area contributed by atoms with Gasteiger partial charge in [-0.2, -0.15) is 0 Å². The number of aromatic nitrogens is 3. The first-order valence-corrected chi connectivity index (χ1v) is 8.94. The van der Waals surface area contributed by atoms with Crippen molar-refractivity contribution in [2.45, 2.75) is 11.6 Å². The van der Waals surface area contributed by atoms with Crippen molar-refractivity contribution in [2.24, 2.45) is 0 Å². The van der Waals surface area contributed by atoms with Crippen molar-refractivity contribution in [3.05, 3.63) is 64.1 Å². The molecule has 2 heterocycles. The molecule has 1 amide bonds.